The van der Waals surface area contributed by atoms with Crippen molar-refractivity contribution in [1.29, 1.82) is 0 Å². The van der Waals surface area contributed by atoms with E-state index in [2.05, 4.69) is 10.5 Å². The highest BCUT2D eigenvalue weighted by atomic mass is 35.5. The van der Waals surface area contributed by atoms with Crippen molar-refractivity contribution >= 4 is 51.0 Å². The van der Waals surface area contributed by atoms with Gasteiger partial charge in [0.1, 0.15) is 0 Å². The maximum absolute atomic E-state index is 13.2. The molecule has 0 unspecified atom stereocenters. The van der Waals surface area contributed by atoms with E-state index in [9.17, 15) is 23.3 Å². The Hall–Kier alpha value is -3.31. The number of nitro benzene ring substituents is 1. The minimum absolute atomic E-state index is 0.0166. The Bertz CT molecular complexity index is 1330. The summed E-state index contributed by atoms with van der Waals surface area (Å²) in [6.45, 7) is -0.681. The van der Waals surface area contributed by atoms with Crippen molar-refractivity contribution in [3.63, 3.8) is 0 Å². The molecule has 0 saturated heterocycles. The zero-order valence-corrected chi connectivity index (χ0v) is 19.8. The number of hydrogen-bond acceptors (Lipinski definition) is 6. The fourth-order valence-corrected chi connectivity index (χ4v) is 4.63. The number of carbonyl (C=O) groups is 1. The van der Waals surface area contributed by atoms with Crippen LogP contribution in [0.1, 0.15) is 11.1 Å². The number of halogens is 2. The van der Waals surface area contributed by atoms with Gasteiger partial charge in [-0.1, -0.05) is 59.6 Å². The van der Waals surface area contributed by atoms with Crippen LogP contribution >= 0.6 is 23.2 Å². The number of sulfonamides is 1. The molecule has 1 N–H and O–H groups in total. The Labute approximate surface area is 205 Å². The predicted molar refractivity (Wildman–Crippen MR) is 129 cm³/mol. The van der Waals surface area contributed by atoms with Gasteiger partial charge in [0.25, 0.3) is 11.6 Å². The molecule has 176 valence electrons. The van der Waals surface area contributed by atoms with E-state index in [0.29, 0.717) is 16.1 Å². The summed E-state index contributed by atoms with van der Waals surface area (Å²) in [6.07, 6.45) is 1.22. The summed E-state index contributed by atoms with van der Waals surface area (Å²) in [7, 11) is -4.04. The number of amides is 1. The number of nitro groups is 1. The maximum Gasteiger partial charge on any atom is 0.270 e. The van der Waals surface area contributed by atoms with Crippen molar-refractivity contribution in [2.24, 2.45) is 5.10 Å². The summed E-state index contributed by atoms with van der Waals surface area (Å²) in [6, 6.07) is 18.0. The number of benzene rings is 3. The molecular formula is C22H18Cl2N4O5S. The highest BCUT2D eigenvalue weighted by Crippen LogP contribution is 2.25. The monoisotopic (exact) mass is 520 g/mol. The van der Waals surface area contributed by atoms with Crippen molar-refractivity contribution in [2.75, 3.05) is 6.54 Å². The van der Waals surface area contributed by atoms with Crippen molar-refractivity contribution in [1.82, 2.24) is 9.73 Å². The smallest absolute Gasteiger partial charge is 0.270 e. The molecule has 0 aliphatic rings. The van der Waals surface area contributed by atoms with Gasteiger partial charge in [-0.3, -0.25) is 14.9 Å². The SMILES string of the molecule is O=C(CN(Cc1ccc(Cl)c(Cl)c1)S(=O)(=O)c1ccccc1)NN=Cc1cccc([N+](=O)[O-])c1. The van der Waals surface area contributed by atoms with Gasteiger partial charge in [0.2, 0.25) is 10.0 Å². The second kappa shape index (κ2) is 11.2. The molecule has 0 bridgehead atoms. The van der Waals surface area contributed by atoms with Crippen LogP contribution in [-0.2, 0) is 21.4 Å². The minimum atomic E-state index is -4.04. The summed E-state index contributed by atoms with van der Waals surface area (Å²) in [5.74, 6) is -0.707. The quantitative estimate of drug-likeness (QED) is 0.256. The van der Waals surface area contributed by atoms with E-state index < -0.39 is 27.4 Å². The Morgan fingerprint density at radius 3 is 2.44 bits per heavy atom. The molecule has 0 aliphatic heterocycles. The molecule has 3 aromatic carbocycles. The zero-order valence-electron chi connectivity index (χ0n) is 17.5. The van der Waals surface area contributed by atoms with E-state index in [1.807, 2.05) is 0 Å². The lowest BCUT2D eigenvalue weighted by Crippen LogP contribution is -2.39. The average Bonchev–Trinajstić information content (AvgIpc) is 2.81. The summed E-state index contributed by atoms with van der Waals surface area (Å²) >= 11 is 12.0. The minimum Gasteiger partial charge on any atom is -0.272 e. The molecule has 0 radical (unpaired) electrons. The zero-order chi connectivity index (χ0) is 24.7. The van der Waals surface area contributed by atoms with Crippen LogP contribution in [0.2, 0.25) is 10.0 Å². The van der Waals surface area contributed by atoms with Crippen LogP contribution in [0.4, 0.5) is 5.69 Å². The van der Waals surface area contributed by atoms with Gasteiger partial charge in [0.15, 0.2) is 0 Å². The molecule has 0 aliphatic carbocycles. The molecule has 12 heteroatoms. The van der Waals surface area contributed by atoms with Gasteiger partial charge in [0.05, 0.1) is 32.6 Å². The van der Waals surface area contributed by atoms with Gasteiger partial charge in [-0.05, 0) is 29.8 Å². The molecule has 0 fully saturated rings. The van der Waals surface area contributed by atoms with Crippen LogP contribution in [0.5, 0.6) is 0 Å². The molecule has 0 heterocycles. The lowest BCUT2D eigenvalue weighted by Gasteiger charge is -2.21. The molecule has 3 rings (SSSR count). The first-order valence-electron chi connectivity index (χ1n) is 9.72. The number of hydrogen-bond donors (Lipinski definition) is 1. The maximum atomic E-state index is 13.2. The summed E-state index contributed by atoms with van der Waals surface area (Å²) in [5.41, 5.74) is 3.04. The van der Waals surface area contributed by atoms with Gasteiger partial charge in [-0.25, -0.2) is 13.8 Å². The Morgan fingerprint density at radius 2 is 1.76 bits per heavy atom. The number of rotatable bonds is 9. The molecule has 0 aromatic heterocycles. The lowest BCUT2D eigenvalue weighted by atomic mass is 10.2. The standard InChI is InChI=1S/C22H18Cl2N4O5S/c23-20-10-9-17(12-21(20)24)14-27(34(32,33)19-7-2-1-3-8-19)15-22(29)26-25-13-16-5-4-6-18(11-16)28(30)31/h1-13H,14-15H2,(H,26,29). The van der Waals surface area contributed by atoms with Crippen LogP contribution in [0.15, 0.2) is 82.8 Å². The summed E-state index contributed by atoms with van der Waals surface area (Å²) < 4.78 is 27.4. The Balaban J connectivity index is 1.79. The average molecular weight is 521 g/mol. The van der Waals surface area contributed by atoms with Crippen LogP contribution in [0.25, 0.3) is 0 Å². The van der Waals surface area contributed by atoms with E-state index >= 15 is 0 Å². The number of nitrogens with one attached hydrogen (secondary N) is 1. The fraction of sp³-hybridized carbons (Fsp3) is 0.0909. The second-order valence-electron chi connectivity index (χ2n) is 6.98. The van der Waals surface area contributed by atoms with E-state index in [1.165, 1.54) is 48.7 Å². The highest BCUT2D eigenvalue weighted by molar-refractivity contribution is 7.89. The molecule has 0 spiro atoms. The molecule has 34 heavy (non-hydrogen) atoms. The first-order chi connectivity index (χ1) is 16.2. The molecular weight excluding hydrogens is 503 g/mol. The van der Waals surface area contributed by atoms with Crippen molar-refractivity contribution in [3.8, 4) is 0 Å². The van der Waals surface area contributed by atoms with Crippen LogP contribution in [0.3, 0.4) is 0 Å². The number of nitrogens with zero attached hydrogens (tertiary/aromatic N) is 3. The Morgan fingerprint density at radius 1 is 1.03 bits per heavy atom. The first kappa shape index (κ1) is 25.3. The van der Waals surface area contributed by atoms with Crippen molar-refractivity contribution in [3.05, 3.63) is 104 Å². The van der Waals surface area contributed by atoms with Crippen molar-refractivity contribution in [2.45, 2.75) is 11.4 Å². The van der Waals surface area contributed by atoms with E-state index in [1.54, 1.807) is 30.3 Å². The van der Waals surface area contributed by atoms with E-state index in [-0.39, 0.29) is 22.2 Å². The molecule has 0 saturated carbocycles. The third-order valence-corrected chi connectivity index (χ3v) is 7.07. The lowest BCUT2D eigenvalue weighted by molar-refractivity contribution is -0.384. The van der Waals surface area contributed by atoms with Gasteiger partial charge in [0, 0.05) is 24.2 Å². The first-order valence-corrected chi connectivity index (χ1v) is 11.9. The van der Waals surface area contributed by atoms with Gasteiger partial charge in [-0.15, -0.1) is 0 Å². The second-order valence-corrected chi connectivity index (χ2v) is 9.73. The summed E-state index contributed by atoms with van der Waals surface area (Å²) in [4.78, 5) is 22.9. The van der Waals surface area contributed by atoms with Gasteiger partial charge < -0.3 is 0 Å². The third-order valence-electron chi connectivity index (χ3n) is 4.53. The molecule has 0 atom stereocenters. The van der Waals surface area contributed by atoms with Gasteiger partial charge in [-0.2, -0.15) is 9.41 Å². The molecule has 3 aromatic rings. The number of non-ortho nitro benzene ring substituents is 1. The number of hydrazone groups is 1. The van der Waals surface area contributed by atoms with Crippen LogP contribution < -0.4 is 5.43 Å². The van der Waals surface area contributed by atoms with Crippen LogP contribution in [0, 0.1) is 10.1 Å². The largest absolute Gasteiger partial charge is 0.272 e. The topological polar surface area (TPSA) is 122 Å². The predicted octanol–water partition coefficient (Wildman–Crippen LogP) is 4.24. The number of carbonyl (C=O) groups excluding carboxylic acids is 1. The normalized spacial score (nSPS) is 11.6. The van der Waals surface area contributed by atoms with E-state index in [4.69, 9.17) is 23.2 Å². The molecule has 9 nitrogen and oxygen atoms in total. The Kier molecular flexibility index (Phi) is 8.35. The van der Waals surface area contributed by atoms with E-state index in [0.717, 1.165) is 4.31 Å². The van der Waals surface area contributed by atoms with Crippen LogP contribution in [-0.4, -0.2) is 36.3 Å². The third kappa shape index (κ3) is 6.61. The highest BCUT2D eigenvalue weighted by Gasteiger charge is 2.27. The van der Waals surface area contributed by atoms with Crippen molar-refractivity contribution < 1.29 is 18.1 Å². The molecule has 1 amide bonds. The summed E-state index contributed by atoms with van der Waals surface area (Å²) in [5, 5.41) is 15.2. The fourth-order valence-electron chi connectivity index (χ4n) is 2.90. The van der Waals surface area contributed by atoms with Gasteiger partial charge >= 0.3 is 0 Å².